The molecular weight excluding hydrogens is 1170 g/mol. The van der Waals surface area contributed by atoms with Crippen molar-refractivity contribution in [1.29, 1.82) is 0 Å². The van der Waals surface area contributed by atoms with E-state index in [9.17, 15) is 18.3 Å². The number of ketones is 1. The number of nitrogens with zero attached hydrogens (tertiary/aromatic N) is 10. The van der Waals surface area contributed by atoms with Crippen LogP contribution in [0.2, 0.25) is 0 Å². The van der Waals surface area contributed by atoms with E-state index in [0.29, 0.717) is 5.69 Å². The van der Waals surface area contributed by atoms with Gasteiger partial charge < -0.3 is 37.4 Å². The van der Waals surface area contributed by atoms with E-state index < -0.39 is 30.8 Å². The van der Waals surface area contributed by atoms with Crippen molar-refractivity contribution in [3.05, 3.63) is 139 Å². The average molecular weight is 1270 g/mol. The number of carbonyl (C=O) groups excluding carboxylic acids is 1. The van der Waals surface area contributed by atoms with Crippen molar-refractivity contribution in [3.8, 4) is 0 Å². The summed E-state index contributed by atoms with van der Waals surface area (Å²) in [5, 5.41) is 10.6. The molecule has 1 N–H and O–H groups in total. The van der Waals surface area contributed by atoms with Crippen LogP contribution in [0.3, 0.4) is 0 Å². The Balaban J connectivity index is -0.000000429. The van der Waals surface area contributed by atoms with Crippen molar-refractivity contribution >= 4 is 50.6 Å². The minimum absolute atomic E-state index is 0. The number of hydrogen-bond donors (Lipinski definition) is 1. The number of carbonyl (C=O) groups is 1. The van der Waals surface area contributed by atoms with Crippen LogP contribution in [0, 0.1) is 0 Å². The predicted molar refractivity (Wildman–Crippen MR) is 331 cm³/mol. The fraction of sp³-hybridized carbons (Fsp3) is 0.525. The van der Waals surface area contributed by atoms with Gasteiger partial charge >= 0.3 is 22.5 Å². The van der Waals surface area contributed by atoms with Gasteiger partial charge in [-0.05, 0) is 77.1 Å². The summed E-state index contributed by atoms with van der Waals surface area (Å²) in [4.78, 5) is 33.1. The Morgan fingerprint density at radius 2 is 1.12 bits per heavy atom. The quantitative estimate of drug-likeness (QED) is 0.0609. The second-order valence-electron chi connectivity index (χ2n) is 17.1. The van der Waals surface area contributed by atoms with Gasteiger partial charge in [-0.3, -0.25) is 4.79 Å². The first-order chi connectivity index (χ1) is 38.3. The molecule has 0 aliphatic carbocycles. The van der Waals surface area contributed by atoms with E-state index in [1.54, 1.807) is 81.6 Å². The first-order valence-corrected chi connectivity index (χ1v) is 31.0. The van der Waals surface area contributed by atoms with Gasteiger partial charge in [0.05, 0.1) is 34.4 Å². The summed E-state index contributed by atoms with van der Waals surface area (Å²) in [5.41, 5.74) is 1.58. The van der Waals surface area contributed by atoms with Crippen molar-refractivity contribution in [3.63, 3.8) is 0 Å². The first-order valence-electron chi connectivity index (χ1n) is 26.6. The van der Waals surface area contributed by atoms with E-state index in [0.717, 1.165) is 81.0 Å². The Morgan fingerprint density at radius 1 is 0.683 bits per heavy atom. The molecule has 1 saturated heterocycles. The molecule has 0 amide bonds. The van der Waals surface area contributed by atoms with Crippen LogP contribution in [-0.4, -0.2) is 98.8 Å². The maximum absolute atomic E-state index is 12.0. The van der Waals surface area contributed by atoms with Crippen LogP contribution in [0.15, 0.2) is 130 Å². The summed E-state index contributed by atoms with van der Waals surface area (Å²) >= 11 is 9.76. The molecule has 1 unspecified atom stereocenters. The van der Waals surface area contributed by atoms with Crippen molar-refractivity contribution in [2.45, 2.75) is 161 Å². The molecule has 23 heteroatoms. The zero-order chi connectivity index (χ0) is 60.7. The summed E-state index contributed by atoms with van der Waals surface area (Å²) in [6, 6.07) is 18.5. The van der Waals surface area contributed by atoms with E-state index in [1.807, 2.05) is 98.7 Å². The molecular formula is C59H98Cl2MnN10O8S2. The van der Waals surface area contributed by atoms with Gasteiger partial charge in [0, 0.05) is 130 Å². The number of sulfone groups is 1. The SMILES string of the molecule is C.C.C1CCOC1.CCC.CCCc1ncc(C(C)=O)n1C.CCCc1ncc(C(C)O)n1C.CCCc1nccn1C.CCOCC.ClCCl.Cn1ccnc1S(=O)(=O)c1ccccc1.Cn1ccnc1Sc1ccccc1.[O]=[Mn]=[O]. The molecule has 6 heterocycles. The first kappa shape index (κ1) is 83.5. The Labute approximate surface area is 512 Å². The number of imidazole rings is 5. The number of Topliss-reactive ketones (excluding diaryl/α,β-unsaturated/α-hetero) is 1. The molecule has 18 nitrogen and oxygen atoms in total. The topological polar surface area (TPSA) is 213 Å². The van der Waals surface area contributed by atoms with Gasteiger partial charge in [0.25, 0.3) is 0 Å². The van der Waals surface area contributed by atoms with Crippen LogP contribution < -0.4 is 0 Å². The molecule has 8 rings (SSSR count). The van der Waals surface area contributed by atoms with Crippen molar-refractivity contribution in [1.82, 2.24) is 47.8 Å². The zero-order valence-electron chi connectivity index (χ0n) is 49.6. The number of alkyl halides is 2. The summed E-state index contributed by atoms with van der Waals surface area (Å²) < 4.78 is 60.0. The Kier molecular flexibility index (Phi) is 53.8. The summed E-state index contributed by atoms with van der Waals surface area (Å²) in [6.45, 7) is 21.6. The summed E-state index contributed by atoms with van der Waals surface area (Å²) in [5.74, 6) is 3.29. The number of rotatable bonds is 14. The molecule has 0 saturated carbocycles. The Morgan fingerprint density at radius 3 is 1.48 bits per heavy atom. The van der Waals surface area contributed by atoms with Crippen molar-refractivity contribution in [2.24, 2.45) is 35.2 Å². The van der Waals surface area contributed by atoms with Crippen LogP contribution in [0.25, 0.3) is 0 Å². The molecule has 0 bridgehead atoms. The zero-order valence-corrected chi connectivity index (χ0v) is 53.9. The Bertz CT molecular complexity index is 2730. The number of hydrogen-bond acceptors (Lipinski definition) is 14. The Hall–Kier alpha value is -4.96. The molecule has 82 heavy (non-hydrogen) atoms. The van der Waals surface area contributed by atoms with E-state index in [1.165, 1.54) is 47.2 Å². The molecule has 1 aliphatic heterocycles. The molecule has 5 aromatic heterocycles. The predicted octanol–water partition coefficient (Wildman–Crippen LogP) is 13.9. The van der Waals surface area contributed by atoms with Gasteiger partial charge in [-0.15, -0.1) is 23.2 Å². The third-order valence-electron chi connectivity index (χ3n) is 10.4. The van der Waals surface area contributed by atoms with Gasteiger partial charge in [0.1, 0.15) is 23.2 Å². The second kappa shape index (κ2) is 52.8. The third-order valence-corrected chi connectivity index (χ3v) is 13.2. The van der Waals surface area contributed by atoms with E-state index in [4.69, 9.17) is 40.3 Å². The van der Waals surface area contributed by atoms with Crippen molar-refractivity contribution < 1.29 is 50.3 Å². The average Bonchev–Trinajstić information content (AvgIpc) is 4.36. The van der Waals surface area contributed by atoms with Gasteiger partial charge in [-0.2, -0.15) is 0 Å². The van der Waals surface area contributed by atoms with Gasteiger partial charge in [-0.25, -0.2) is 33.3 Å². The molecule has 1 atom stereocenters. The standard InChI is InChI=1S/C10H10N2O2S.C10H10N2S.C9H16N2O.C9H14N2O.C7H12N2.C4H8O.C4H10O.C3H8.CH2Cl2.2CH4.Mn.2O/c1-12-8-7-11-10(12)15(13,14)9-5-3-2-4-6-9;1-12-8-7-11-10(12)13-9-5-3-2-4-6-9;2*1-4-5-9-10-6-8(7(2)12)11(9)3;1-3-4-7-8-5-6-9(7)2;1-2-4-5-3-1;1-3-5-4-2;1-3-2;2-1-3;;;;;/h2-8H,1H3;2-8H,1H3;6-7,12H,4-5H2,1-3H3;6H,4-5H2,1-3H3;5-6H,3-4H2,1-2H3;1-4H2;3-4H2,1-2H3;3H2,1-2H3;1H2;2*1H4;;;. The normalized spacial score (nSPS) is 10.8. The molecule has 465 valence electrons. The summed E-state index contributed by atoms with van der Waals surface area (Å²) in [6.07, 6.45) is 23.7. The van der Waals surface area contributed by atoms with Crippen LogP contribution in [0.4, 0.5) is 0 Å². The number of aliphatic hydroxyl groups excluding tert-OH is 1. The molecule has 2 aromatic carbocycles. The number of aryl methyl sites for hydroxylation is 6. The number of aromatic nitrogens is 10. The summed E-state index contributed by atoms with van der Waals surface area (Å²) in [7, 11) is 6.03. The van der Waals surface area contributed by atoms with Crippen LogP contribution in [0.5, 0.6) is 0 Å². The van der Waals surface area contributed by atoms with E-state index in [-0.39, 0.29) is 36.0 Å². The van der Waals surface area contributed by atoms with E-state index in [2.05, 4.69) is 76.2 Å². The number of benzene rings is 2. The second-order valence-corrected chi connectivity index (χ2v) is 20.9. The van der Waals surface area contributed by atoms with Gasteiger partial charge in [-0.1, -0.05) is 104 Å². The molecule has 1 aliphatic rings. The van der Waals surface area contributed by atoms with E-state index >= 15 is 0 Å². The van der Waals surface area contributed by atoms with Gasteiger partial charge in [0.15, 0.2) is 10.9 Å². The van der Waals surface area contributed by atoms with Crippen LogP contribution in [-0.2, 0) is 96.3 Å². The van der Waals surface area contributed by atoms with Gasteiger partial charge in [0.2, 0.25) is 15.0 Å². The minimum atomic E-state index is -3.47. The fourth-order valence-electron chi connectivity index (χ4n) is 6.47. The number of ether oxygens (including phenoxy) is 2. The third kappa shape index (κ3) is 35.9. The van der Waals surface area contributed by atoms with Crippen LogP contribution in [0.1, 0.15) is 155 Å². The number of aliphatic hydroxyl groups is 1. The maximum atomic E-state index is 12.0. The van der Waals surface area contributed by atoms with Crippen molar-refractivity contribution in [2.75, 3.05) is 31.8 Å². The van der Waals surface area contributed by atoms with Crippen LogP contribution >= 0.6 is 35.0 Å². The molecule has 0 spiro atoms. The molecule has 0 radical (unpaired) electrons. The molecule has 1 fully saturated rings. The number of halogens is 2. The fourth-order valence-corrected chi connectivity index (χ4v) is 8.66. The monoisotopic (exact) mass is 1260 g/mol. The molecule has 7 aromatic rings.